The summed E-state index contributed by atoms with van der Waals surface area (Å²) in [4.78, 5) is 11.8. The summed E-state index contributed by atoms with van der Waals surface area (Å²) in [5.41, 5.74) is 1.05. The van der Waals surface area contributed by atoms with E-state index in [9.17, 15) is 4.79 Å². The van der Waals surface area contributed by atoms with Crippen molar-refractivity contribution in [2.24, 2.45) is 0 Å². The molecule has 1 heterocycles. The summed E-state index contributed by atoms with van der Waals surface area (Å²) in [6.07, 6.45) is 3.50. The molecule has 1 aliphatic heterocycles. The lowest BCUT2D eigenvalue weighted by molar-refractivity contribution is -0.118. The van der Waals surface area contributed by atoms with Crippen molar-refractivity contribution in [3.63, 3.8) is 0 Å². The van der Waals surface area contributed by atoms with Gasteiger partial charge in [-0.1, -0.05) is 23.7 Å². The Kier molecular flexibility index (Phi) is 3.97. The van der Waals surface area contributed by atoms with E-state index in [1.165, 1.54) is 6.42 Å². The molecule has 0 saturated carbocycles. The van der Waals surface area contributed by atoms with Gasteiger partial charge in [0.1, 0.15) is 5.78 Å². The van der Waals surface area contributed by atoms with Gasteiger partial charge in [-0.15, -0.1) is 0 Å². The first-order valence-corrected chi connectivity index (χ1v) is 6.11. The molecule has 3 heteroatoms. The highest BCUT2D eigenvalue weighted by molar-refractivity contribution is 6.30. The van der Waals surface area contributed by atoms with E-state index in [-0.39, 0.29) is 0 Å². The summed E-state index contributed by atoms with van der Waals surface area (Å²) in [6.45, 7) is 1.05. The first kappa shape index (κ1) is 11.6. The van der Waals surface area contributed by atoms with Crippen molar-refractivity contribution in [3.8, 4) is 0 Å². The predicted molar refractivity (Wildman–Crippen MR) is 65.8 cm³/mol. The minimum absolute atomic E-state index is 0.307. The van der Waals surface area contributed by atoms with Gasteiger partial charge >= 0.3 is 0 Å². The van der Waals surface area contributed by atoms with E-state index in [0.29, 0.717) is 29.7 Å². The van der Waals surface area contributed by atoms with Crippen LogP contribution >= 0.6 is 11.6 Å². The highest BCUT2D eigenvalue weighted by atomic mass is 35.5. The minimum Gasteiger partial charge on any atom is -0.314 e. The highest BCUT2D eigenvalue weighted by Crippen LogP contribution is 2.13. The van der Waals surface area contributed by atoms with Crippen molar-refractivity contribution >= 4 is 17.4 Å². The van der Waals surface area contributed by atoms with E-state index in [1.807, 2.05) is 24.3 Å². The first-order valence-electron chi connectivity index (χ1n) is 5.73. The van der Waals surface area contributed by atoms with Crippen LogP contribution in [-0.4, -0.2) is 18.4 Å². The predicted octanol–water partition coefficient (Wildman–Crippen LogP) is 2.59. The third-order valence-corrected chi connectivity index (χ3v) is 3.20. The van der Waals surface area contributed by atoms with Crippen molar-refractivity contribution < 1.29 is 4.79 Å². The van der Waals surface area contributed by atoms with Crippen LogP contribution in [0.25, 0.3) is 0 Å². The molecule has 16 heavy (non-hydrogen) atoms. The summed E-state index contributed by atoms with van der Waals surface area (Å²) in [7, 11) is 0. The van der Waals surface area contributed by atoms with E-state index < -0.39 is 0 Å². The first-order chi connectivity index (χ1) is 7.74. The molecule has 0 aromatic heterocycles. The summed E-state index contributed by atoms with van der Waals surface area (Å²) in [6, 6.07) is 7.90. The van der Waals surface area contributed by atoms with Gasteiger partial charge in [-0.25, -0.2) is 0 Å². The summed E-state index contributed by atoms with van der Waals surface area (Å²) >= 11 is 5.79. The molecule has 2 rings (SSSR count). The lowest BCUT2D eigenvalue weighted by atomic mass is 10.0. The van der Waals surface area contributed by atoms with Crippen molar-refractivity contribution in [2.75, 3.05) is 6.54 Å². The number of Topliss-reactive ketones (excluding diaryl/α,β-unsaturated/α-hetero) is 1. The summed E-state index contributed by atoms with van der Waals surface area (Å²) < 4.78 is 0. The second-order valence-electron chi connectivity index (χ2n) is 4.34. The van der Waals surface area contributed by atoms with Crippen LogP contribution in [0.2, 0.25) is 5.02 Å². The number of benzene rings is 1. The lowest BCUT2D eigenvalue weighted by Gasteiger charge is -2.08. The molecule has 1 aromatic rings. The van der Waals surface area contributed by atoms with Gasteiger partial charge in [-0.2, -0.15) is 0 Å². The Morgan fingerprint density at radius 3 is 2.75 bits per heavy atom. The molecule has 0 radical (unpaired) electrons. The van der Waals surface area contributed by atoms with Crippen LogP contribution in [-0.2, 0) is 11.2 Å². The molecule has 1 aliphatic rings. The molecule has 0 aliphatic carbocycles. The monoisotopic (exact) mass is 237 g/mol. The highest BCUT2D eigenvalue weighted by Gasteiger charge is 2.17. The maximum Gasteiger partial charge on any atom is 0.138 e. The number of carbonyl (C=O) groups excluding carboxylic acids is 1. The van der Waals surface area contributed by atoms with Gasteiger partial charge in [0.15, 0.2) is 0 Å². The Morgan fingerprint density at radius 1 is 1.38 bits per heavy atom. The number of carbonyl (C=O) groups is 1. The van der Waals surface area contributed by atoms with Crippen molar-refractivity contribution in [3.05, 3.63) is 34.9 Å². The Labute approximate surface area is 101 Å². The molecule has 1 fully saturated rings. The van der Waals surface area contributed by atoms with Crippen molar-refractivity contribution in [1.29, 1.82) is 0 Å². The molecular formula is C13H16ClNO. The molecule has 2 nitrogen and oxygen atoms in total. The van der Waals surface area contributed by atoms with Gasteiger partial charge in [0.25, 0.3) is 0 Å². The lowest BCUT2D eigenvalue weighted by Crippen LogP contribution is -2.25. The quantitative estimate of drug-likeness (QED) is 0.872. The maximum absolute atomic E-state index is 11.8. The van der Waals surface area contributed by atoms with Crippen LogP contribution in [0.15, 0.2) is 24.3 Å². The van der Waals surface area contributed by atoms with Crippen LogP contribution < -0.4 is 5.32 Å². The molecule has 1 aromatic carbocycles. The smallest absolute Gasteiger partial charge is 0.138 e. The van der Waals surface area contributed by atoms with Gasteiger partial charge < -0.3 is 5.32 Å². The molecular weight excluding hydrogens is 222 g/mol. The van der Waals surface area contributed by atoms with Crippen LogP contribution in [0.4, 0.5) is 0 Å². The SMILES string of the molecule is O=C(Cc1ccc(Cl)cc1)CC1CCCN1. The zero-order valence-electron chi connectivity index (χ0n) is 9.21. The number of nitrogens with one attached hydrogen (secondary N) is 1. The number of ketones is 1. The van der Waals surface area contributed by atoms with E-state index >= 15 is 0 Å². The summed E-state index contributed by atoms with van der Waals surface area (Å²) in [5, 5.41) is 4.06. The largest absolute Gasteiger partial charge is 0.314 e. The molecule has 1 N–H and O–H groups in total. The van der Waals surface area contributed by atoms with E-state index in [0.717, 1.165) is 18.5 Å². The summed E-state index contributed by atoms with van der Waals surface area (Å²) in [5.74, 6) is 0.307. The zero-order chi connectivity index (χ0) is 11.4. The third kappa shape index (κ3) is 3.32. The molecule has 1 atom stereocenters. The Balaban J connectivity index is 1.84. The maximum atomic E-state index is 11.8. The van der Waals surface area contributed by atoms with Gasteiger partial charge in [0, 0.05) is 23.9 Å². The van der Waals surface area contributed by atoms with E-state index in [4.69, 9.17) is 11.6 Å². The Bertz CT molecular complexity index is 355. The Morgan fingerprint density at radius 2 is 2.12 bits per heavy atom. The minimum atomic E-state index is 0.307. The van der Waals surface area contributed by atoms with E-state index in [1.54, 1.807) is 0 Å². The zero-order valence-corrected chi connectivity index (χ0v) is 9.96. The average molecular weight is 238 g/mol. The number of hydrogen-bond donors (Lipinski definition) is 1. The fourth-order valence-electron chi connectivity index (χ4n) is 2.11. The van der Waals surface area contributed by atoms with Crippen LogP contribution in [0.5, 0.6) is 0 Å². The number of rotatable bonds is 4. The van der Waals surface area contributed by atoms with Gasteiger partial charge in [-0.3, -0.25) is 4.79 Å². The Hall–Kier alpha value is -0.860. The van der Waals surface area contributed by atoms with Gasteiger partial charge in [0.2, 0.25) is 0 Å². The number of halogens is 1. The number of hydrogen-bond acceptors (Lipinski definition) is 2. The molecule has 86 valence electrons. The van der Waals surface area contributed by atoms with Crippen molar-refractivity contribution in [1.82, 2.24) is 5.32 Å². The van der Waals surface area contributed by atoms with Crippen LogP contribution in [0.3, 0.4) is 0 Å². The molecule has 1 saturated heterocycles. The average Bonchev–Trinajstić information content (AvgIpc) is 2.74. The molecule has 0 bridgehead atoms. The molecule has 0 amide bonds. The second kappa shape index (κ2) is 5.46. The topological polar surface area (TPSA) is 29.1 Å². The third-order valence-electron chi connectivity index (χ3n) is 2.95. The van der Waals surface area contributed by atoms with Gasteiger partial charge in [-0.05, 0) is 37.1 Å². The fraction of sp³-hybridized carbons (Fsp3) is 0.462. The van der Waals surface area contributed by atoms with Crippen LogP contribution in [0, 0.1) is 0 Å². The standard InChI is InChI=1S/C13H16ClNO/c14-11-5-3-10(4-6-11)8-13(16)9-12-2-1-7-15-12/h3-6,12,15H,1-2,7-9H2. The van der Waals surface area contributed by atoms with Crippen LogP contribution in [0.1, 0.15) is 24.8 Å². The van der Waals surface area contributed by atoms with E-state index in [2.05, 4.69) is 5.32 Å². The normalized spacial score (nSPS) is 19.9. The fourth-order valence-corrected chi connectivity index (χ4v) is 2.23. The molecule has 0 spiro atoms. The molecule has 1 unspecified atom stereocenters. The second-order valence-corrected chi connectivity index (χ2v) is 4.78. The van der Waals surface area contributed by atoms with Crippen molar-refractivity contribution in [2.45, 2.75) is 31.7 Å². The van der Waals surface area contributed by atoms with Gasteiger partial charge in [0.05, 0.1) is 0 Å².